The lowest BCUT2D eigenvalue weighted by atomic mass is 10.0. The molecular formula is C24H23ClN2O3S. The van der Waals surface area contributed by atoms with Gasteiger partial charge in [0.15, 0.2) is 16.6 Å². The highest BCUT2D eigenvalue weighted by Crippen LogP contribution is 2.31. The summed E-state index contributed by atoms with van der Waals surface area (Å²) in [6.45, 7) is 0.406. The topological polar surface area (TPSA) is 60.5 Å². The summed E-state index contributed by atoms with van der Waals surface area (Å²) in [5.41, 5.74) is 2.98. The van der Waals surface area contributed by atoms with Gasteiger partial charge >= 0.3 is 0 Å². The number of fused-ring (bicyclic) bond motifs is 1. The van der Waals surface area contributed by atoms with Crippen LogP contribution >= 0.6 is 22.9 Å². The maximum Gasteiger partial charge on any atom is 0.250 e. The monoisotopic (exact) mass is 454 g/mol. The predicted molar refractivity (Wildman–Crippen MR) is 125 cm³/mol. The fourth-order valence-corrected chi connectivity index (χ4v) is 4.55. The first-order chi connectivity index (χ1) is 15.1. The van der Waals surface area contributed by atoms with Crippen molar-refractivity contribution in [1.82, 2.24) is 4.98 Å². The van der Waals surface area contributed by atoms with Crippen LogP contribution in [0.2, 0.25) is 5.02 Å². The summed E-state index contributed by atoms with van der Waals surface area (Å²) < 4.78 is 11.3. The van der Waals surface area contributed by atoms with Crippen molar-refractivity contribution in [3.8, 4) is 11.5 Å². The van der Waals surface area contributed by atoms with E-state index in [0.29, 0.717) is 28.3 Å². The number of ether oxygens (including phenoxy) is 2. The Balaban J connectivity index is 1.37. The minimum absolute atomic E-state index is 0.201. The van der Waals surface area contributed by atoms with Crippen molar-refractivity contribution < 1.29 is 14.3 Å². The van der Waals surface area contributed by atoms with Gasteiger partial charge in [-0.3, -0.25) is 10.1 Å². The van der Waals surface area contributed by atoms with E-state index in [2.05, 4.69) is 10.3 Å². The SMILES string of the molecule is COc1cc(C=CC(=O)Nc2nc3c(s2)CCCC3)ccc1OCc1ccc(Cl)cc1. The largest absolute Gasteiger partial charge is 0.493 e. The molecule has 0 saturated carbocycles. The number of carbonyl (C=O) groups excluding carboxylic acids is 1. The molecule has 0 spiro atoms. The van der Waals surface area contributed by atoms with Crippen LogP contribution in [0.15, 0.2) is 48.5 Å². The van der Waals surface area contributed by atoms with Gasteiger partial charge < -0.3 is 9.47 Å². The van der Waals surface area contributed by atoms with E-state index in [9.17, 15) is 4.79 Å². The Labute approximate surface area is 190 Å². The van der Waals surface area contributed by atoms with Crippen molar-refractivity contribution in [1.29, 1.82) is 0 Å². The molecule has 0 unspecified atom stereocenters. The number of anilines is 1. The molecule has 2 aromatic carbocycles. The average molecular weight is 455 g/mol. The van der Waals surface area contributed by atoms with Gasteiger partial charge in [0.05, 0.1) is 12.8 Å². The van der Waals surface area contributed by atoms with Crippen molar-refractivity contribution in [2.45, 2.75) is 32.3 Å². The maximum atomic E-state index is 12.3. The third-order valence-electron chi connectivity index (χ3n) is 5.00. The Morgan fingerprint density at radius 2 is 1.97 bits per heavy atom. The van der Waals surface area contributed by atoms with Crippen LogP contribution in [0, 0.1) is 0 Å². The minimum atomic E-state index is -0.201. The number of aromatic nitrogens is 1. The lowest BCUT2D eigenvalue weighted by Crippen LogP contribution is -2.07. The normalized spacial score (nSPS) is 13.1. The first-order valence-electron chi connectivity index (χ1n) is 10.1. The van der Waals surface area contributed by atoms with Crippen molar-refractivity contribution in [3.63, 3.8) is 0 Å². The number of methoxy groups -OCH3 is 1. The fraction of sp³-hybridized carbons (Fsp3) is 0.250. The summed E-state index contributed by atoms with van der Waals surface area (Å²) in [6, 6.07) is 13.1. The summed E-state index contributed by atoms with van der Waals surface area (Å²) in [7, 11) is 1.59. The quantitative estimate of drug-likeness (QED) is 0.450. The third-order valence-corrected chi connectivity index (χ3v) is 6.32. The summed E-state index contributed by atoms with van der Waals surface area (Å²) in [4.78, 5) is 18.1. The number of rotatable bonds is 7. The number of hydrogen-bond acceptors (Lipinski definition) is 5. The average Bonchev–Trinajstić information content (AvgIpc) is 3.19. The van der Waals surface area contributed by atoms with Crippen molar-refractivity contribution in [3.05, 3.63) is 75.3 Å². The number of halogens is 1. The molecule has 0 radical (unpaired) electrons. The van der Waals surface area contributed by atoms with Gasteiger partial charge in [-0.15, -0.1) is 11.3 Å². The Morgan fingerprint density at radius 3 is 2.74 bits per heavy atom. The van der Waals surface area contributed by atoms with Crippen molar-refractivity contribution in [2.24, 2.45) is 0 Å². The first-order valence-corrected chi connectivity index (χ1v) is 11.3. The van der Waals surface area contributed by atoms with Gasteiger partial charge in [0.25, 0.3) is 0 Å². The summed E-state index contributed by atoms with van der Waals surface area (Å²) >= 11 is 7.49. The molecule has 1 amide bonds. The highest BCUT2D eigenvalue weighted by atomic mass is 35.5. The van der Waals surface area contributed by atoms with Crippen LogP contribution in [-0.2, 0) is 24.2 Å². The minimum Gasteiger partial charge on any atom is -0.493 e. The second-order valence-corrected chi connectivity index (χ2v) is 8.76. The van der Waals surface area contributed by atoms with Crippen LogP contribution in [-0.4, -0.2) is 18.0 Å². The zero-order valence-corrected chi connectivity index (χ0v) is 18.8. The van der Waals surface area contributed by atoms with E-state index >= 15 is 0 Å². The van der Waals surface area contributed by atoms with E-state index in [1.807, 2.05) is 42.5 Å². The van der Waals surface area contributed by atoms with Gasteiger partial charge in [0.2, 0.25) is 5.91 Å². The van der Waals surface area contributed by atoms with Crippen molar-refractivity contribution >= 4 is 40.1 Å². The molecule has 1 aliphatic rings. The van der Waals surface area contributed by atoms with Crippen LogP contribution in [0.25, 0.3) is 6.08 Å². The molecule has 5 nitrogen and oxygen atoms in total. The molecule has 0 atom stereocenters. The molecule has 160 valence electrons. The van der Waals surface area contributed by atoms with Gasteiger partial charge in [-0.1, -0.05) is 29.8 Å². The van der Waals surface area contributed by atoms with Crippen LogP contribution in [0.4, 0.5) is 5.13 Å². The Bertz CT molecular complexity index is 1070. The Kier molecular flexibility index (Phi) is 6.89. The van der Waals surface area contributed by atoms with E-state index in [0.717, 1.165) is 29.7 Å². The zero-order chi connectivity index (χ0) is 21.6. The Morgan fingerprint density at radius 1 is 1.16 bits per heavy atom. The van der Waals surface area contributed by atoms with Crippen molar-refractivity contribution in [2.75, 3.05) is 12.4 Å². The molecule has 3 aromatic rings. The second kappa shape index (κ2) is 9.98. The Hall–Kier alpha value is -2.83. The van der Waals surface area contributed by atoms with Gasteiger partial charge in [-0.2, -0.15) is 0 Å². The smallest absolute Gasteiger partial charge is 0.250 e. The number of carbonyl (C=O) groups is 1. The molecular weight excluding hydrogens is 432 g/mol. The number of thiazole rings is 1. The number of benzene rings is 2. The molecule has 31 heavy (non-hydrogen) atoms. The summed E-state index contributed by atoms with van der Waals surface area (Å²) in [5, 5.41) is 4.23. The van der Waals surface area contributed by atoms with E-state index in [1.54, 1.807) is 24.5 Å². The van der Waals surface area contributed by atoms with Gasteiger partial charge in [-0.25, -0.2) is 4.98 Å². The van der Waals surface area contributed by atoms with Crippen LogP contribution < -0.4 is 14.8 Å². The van der Waals surface area contributed by atoms with Gasteiger partial charge in [0, 0.05) is 16.0 Å². The molecule has 4 rings (SSSR count). The van der Waals surface area contributed by atoms with E-state index < -0.39 is 0 Å². The first kappa shape index (κ1) is 21.4. The van der Waals surface area contributed by atoms with E-state index in [1.165, 1.54) is 23.8 Å². The number of nitrogens with one attached hydrogen (secondary N) is 1. The fourth-order valence-electron chi connectivity index (χ4n) is 3.37. The highest BCUT2D eigenvalue weighted by molar-refractivity contribution is 7.15. The van der Waals surface area contributed by atoms with Gasteiger partial charge in [0.1, 0.15) is 6.61 Å². The van der Waals surface area contributed by atoms with E-state index in [-0.39, 0.29) is 5.91 Å². The summed E-state index contributed by atoms with van der Waals surface area (Å²) in [5.74, 6) is 1.03. The molecule has 1 heterocycles. The third kappa shape index (κ3) is 5.66. The van der Waals surface area contributed by atoms with Gasteiger partial charge in [-0.05, 0) is 67.2 Å². The molecule has 0 saturated heterocycles. The highest BCUT2D eigenvalue weighted by Gasteiger charge is 2.15. The number of aryl methyl sites for hydroxylation is 2. The second-order valence-electron chi connectivity index (χ2n) is 7.24. The molecule has 1 N–H and O–H groups in total. The van der Waals surface area contributed by atoms with Crippen LogP contribution in [0.1, 0.15) is 34.5 Å². The molecule has 1 aliphatic carbocycles. The standard InChI is InChI=1S/C24H23ClN2O3S/c1-29-21-14-16(8-12-20(21)30-15-17-6-10-18(25)11-7-17)9-13-23(28)27-24-26-19-4-2-3-5-22(19)31-24/h6-14H,2-5,15H2,1H3,(H,26,27,28). The lowest BCUT2D eigenvalue weighted by molar-refractivity contribution is -0.111. The molecule has 0 bridgehead atoms. The predicted octanol–water partition coefficient (Wildman–Crippen LogP) is 5.91. The van der Waals surface area contributed by atoms with Crippen LogP contribution in [0.5, 0.6) is 11.5 Å². The molecule has 1 aromatic heterocycles. The lowest BCUT2D eigenvalue weighted by Gasteiger charge is -2.11. The molecule has 0 fully saturated rings. The molecule has 0 aliphatic heterocycles. The number of amides is 1. The van der Waals surface area contributed by atoms with Crippen LogP contribution in [0.3, 0.4) is 0 Å². The zero-order valence-electron chi connectivity index (χ0n) is 17.2. The van der Waals surface area contributed by atoms with E-state index in [4.69, 9.17) is 21.1 Å². The number of hydrogen-bond donors (Lipinski definition) is 1. The number of nitrogens with zero attached hydrogens (tertiary/aromatic N) is 1. The maximum absolute atomic E-state index is 12.3. The molecule has 7 heteroatoms. The summed E-state index contributed by atoms with van der Waals surface area (Å²) in [6.07, 6.45) is 7.68.